The second-order valence-electron chi connectivity index (χ2n) is 2.24. The average Bonchev–Trinajstić information content (AvgIpc) is 1.85. The Morgan fingerprint density at radius 3 is 2.36 bits per heavy atom. The Balaban J connectivity index is 3.25. The van der Waals surface area contributed by atoms with Crippen LogP contribution in [-0.2, 0) is 0 Å². The lowest BCUT2D eigenvalue weighted by molar-refractivity contribution is 0.412. The molecular formula is C8H8Cl2O. The Kier molecular flexibility index (Phi) is 2.63. The van der Waals surface area contributed by atoms with Crippen molar-refractivity contribution in [2.45, 2.75) is 6.92 Å². The van der Waals surface area contributed by atoms with Gasteiger partial charge in [-0.15, -0.1) is 0 Å². The smallest absolute Gasteiger partial charge is 0.140 e. The van der Waals surface area contributed by atoms with Crippen LogP contribution in [0.25, 0.3) is 0 Å². The SMILES string of the molecule is COc1c(C)cc(Cl)cc1Cl. The van der Waals surface area contributed by atoms with Crippen molar-refractivity contribution in [1.29, 1.82) is 0 Å². The van der Waals surface area contributed by atoms with Crippen LogP contribution in [0.5, 0.6) is 5.75 Å². The van der Waals surface area contributed by atoms with E-state index >= 15 is 0 Å². The zero-order chi connectivity index (χ0) is 8.43. The van der Waals surface area contributed by atoms with Gasteiger partial charge in [-0.05, 0) is 24.6 Å². The van der Waals surface area contributed by atoms with E-state index in [1.807, 2.05) is 13.0 Å². The average molecular weight is 191 g/mol. The van der Waals surface area contributed by atoms with E-state index in [1.54, 1.807) is 13.2 Å². The van der Waals surface area contributed by atoms with Gasteiger partial charge in [0.1, 0.15) is 5.75 Å². The Morgan fingerprint density at radius 1 is 1.27 bits per heavy atom. The molecule has 1 nitrogen and oxygen atoms in total. The normalized spacial score (nSPS) is 9.82. The van der Waals surface area contributed by atoms with E-state index in [-0.39, 0.29) is 0 Å². The van der Waals surface area contributed by atoms with Crippen LogP contribution in [-0.4, -0.2) is 7.11 Å². The first-order valence-electron chi connectivity index (χ1n) is 3.15. The largest absolute Gasteiger partial charge is 0.495 e. The van der Waals surface area contributed by atoms with Gasteiger partial charge >= 0.3 is 0 Å². The van der Waals surface area contributed by atoms with Gasteiger partial charge in [0.05, 0.1) is 12.1 Å². The van der Waals surface area contributed by atoms with Crippen LogP contribution in [0.15, 0.2) is 12.1 Å². The highest BCUT2D eigenvalue weighted by Crippen LogP contribution is 2.31. The summed E-state index contributed by atoms with van der Waals surface area (Å²) in [6.45, 7) is 1.90. The monoisotopic (exact) mass is 190 g/mol. The van der Waals surface area contributed by atoms with Gasteiger partial charge in [-0.25, -0.2) is 0 Å². The summed E-state index contributed by atoms with van der Waals surface area (Å²) in [5, 5.41) is 1.19. The second-order valence-corrected chi connectivity index (χ2v) is 3.08. The number of aryl methyl sites for hydroxylation is 1. The van der Waals surface area contributed by atoms with Crippen LogP contribution in [0.2, 0.25) is 10.0 Å². The number of methoxy groups -OCH3 is 1. The minimum absolute atomic E-state index is 0.553. The van der Waals surface area contributed by atoms with E-state index in [0.29, 0.717) is 15.8 Å². The minimum atomic E-state index is 0.553. The summed E-state index contributed by atoms with van der Waals surface area (Å²) in [5.41, 5.74) is 0.949. The number of hydrogen-bond donors (Lipinski definition) is 0. The predicted molar refractivity (Wildman–Crippen MR) is 47.8 cm³/mol. The van der Waals surface area contributed by atoms with Gasteiger partial charge in [0.25, 0.3) is 0 Å². The van der Waals surface area contributed by atoms with Gasteiger partial charge in [0, 0.05) is 5.02 Å². The molecule has 0 saturated heterocycles. The van der Waals surface area contributed by atoms with E-state index in [9.17, 15) is 0 Å². The maximum Gasteiger partial charge on any atom is 0.140 e. The Hall–Kier alpha value is -0.400. The van der Waals surface area contributed by atoms with Crippen LogP contribution in [0.4, 0.5) is 0 Å². The van der Waals surface area contributed by atoms with Crippen LogP contribution in [0, 0.1) is 6.92 Å². The zero-order valence-corrected chi connectivity index (χ0v) is 7.83. The van der Waals surface area contributed by atoms with Gasteiger partial charge in [-0.3, -0.25) is 0 Å². The first kappa shape index (κ1) is 8.69. The zero-order valence-electron chi connectivity index (χ0n) is 6.32. The third-order valence-corrected chi connectivity index (χ3v) is 1.90. The lowest BCUT2D eigenvalue weighted by Crippen LogP contribution is -1.87. The summed E-state index contributed by atoms with van der Waals surface area (Å²) in [7, 11) is 1.59. The predicted octanol–water partition coefficient (Wildman–Crippen LogP) is 3.31. The first-order valence-corrected chi connectivity index (χ1v) is 3.90. The maximum absolute atomic E-state index is 5.83. The minimum Gasteiger partial charge on any atom is -0.495 e. The fraction of sp³-hybridized carbons (Fsp3) is 0.250. The second kappa shape index (κ2) is 3.33. The molecule has 11 heavy (non-hydrogen) atoms. The number of rotatable bonds is 1. The molecule has 0 atom stereocenters. The molecule has 0 aliphatic heterocycles. The number of benzene rings is 1. The molecule has 0 radical (unpaired) electrons. The van der Waals surface area contributed by atoms with Crippen molar-refractivity contribution >= 4 is 23.2 Å². The molecule has 60 valence electrons. The summed E-state index contributed by atoms with van der Waals surface area (Å²) in [5.74, 6) is 0.691. The molecular weight excluding hydrogens is 183 g/mol. The number of halogens is 2. The van der Waals surface area contributed by atoms with E-state index in [1.165, 1.54) is 0 Å². The molecule has 0 fully saturated rings. The van der Waals surface area contributed by atoms with Crippen LogP contribution in [0.1, 0.15) is 5.56 Å². The van der Waals surface area contributed by atoms with Gasteiger partial charge in [-0.1, -0.05) is 23.2 Å². The van der Waals surface area contributed by atoms with Gasteiger partial charge < -0.3 is 4.74 Å². The van der Waals surface area contributed by atoms with Crippen molar-refractivity contribution in [2.75, 3.05) is 7.11 Å². The fourth-order valence-corrected chi connectivity index (χ4v) is 1.62. The van der Waals surface area contributed by atoms with Crippen molar-refractivity contribution in [1.82, 2.24) is 0 Å². The summed E-state index contributed by atoms with van der Waals surface area (Å²) in [4.78, 5) is 0. The van der Waals surface area contributed by atoms with Crippen LogP contribution >= 0.6 is 23.2 Å². The highest BCUT2D eigenvalue weighted by atomic mass is 35.5. The Morgan fingerprint density at radius 2 is 1.91 bits per heavy atom. The fourth-order valence-electron chi connectivity index (χ4n) is 0.948. The molecule has 1 rings (SSSR count). The third kappa shape index (κ3) is 1.79. The van der Waals surface area contributed by atoms with E-state index in [4.69, 9.17) is 27.9 Å². The van der Waals surface area contributed by atoms with Crippen LogP contribution < -0.4 is 4.74 Å². The quantitative estimate of drug-likeness (QED) is 0.661. The van der Waals surface area contributed by atoms with E-state index in [0.717, 1.165) is 5.56 Å². The highest BCUT2D eigenvalue weighted by molar-refractivity contribution is 6.35. The Bertz CT molecular complexity index is 248. The molecule has 0 bridgehead atoms. The summed E-state index contributed by atoms with van der Waals surface area (Å²) < 4.78 is 5.04. The molecule has 0 unspecified atom stereocenters. The molecule has 3 heteroatoms. The molecule has 1 aromatic rings. The molecule has 0 aliphatic rings. The summed E-state index contributed by atoms with van der Waals surface area (Å²) in [6, 6.07) is 3.47. The van der Waals surface area contributed by atoms with Crippen molar-refractivity contribution < 1.29 is 4.74 Å². The Labute approximate surface area is 75.9 Å². The summed E-state index contributed by atoms with van der Waals surface area (Å²) in [6.07, 6.45) is 0. The van der Waals surface area contributed by atoms with Gasteiger partial charge in [0.2, 0.25) is 0 Å². The van der Waals surface area contributed by atoms with Crippen molar-refractivity contribution in [3.05, 3.63) is 27.7 Å². The molecule has 1 aromatic carbocycles. The first-order chi connectivity index (χ1) is 5.15. The topological polar surface area (TPSA) is 9.23 Å². The van der Waals surface area contributed by atoms with E-state index < -0.39 is 0 Å². The maximum atomic E-state index is 5.83. The molecule has 0 aromatic heterocycles. The number of ether oxygens (including phenoxy) is 1. The van der Waals surface area contributed by atoms with Crippen molar-refractivity contribution in [2.24, 2.45) is 0 Å². The molecule has 0 saturated carbocycles. The number of hydrogen-bond acceptors (Lipinski definition) is 1. The lowest BCUT2D eigenvalue weighted by Gasteiger charge is -2.06. The summed E-state index contributed by atoms with van der Waals surface area (Å²) >= 11 is 11.6. The van der Waals surface area contributed by atoms with Crippen molar-refractivity contribution in [3.63, 3.8) is 0 Å². The standard InChI is InChI=1S/C8H8Cl2O/c1-5-3-6(9)4-7(10)8(5)11-2/h3-4H,1-2H3. The molecule has 0 heterocycles. The third-order valence-electron chi connectivity index (χ3n) is 1.40. The molecule has 0 aliphatic carbocycles. The highest BCUT2D eigenvalue weighted by Gasteiger charge is 2.04. The lowest BCUT2D eigenvalue weighted by atomic mass is 10.2. The van der Waals surface area contributed by atoms with Gasteiger partial charge in [-0.2, -0.15) is 0 Å². The van der Waals surface area contributed by atoms with E-state index in [2.05, 4.69) is 0 Å². The van der Waals surface area contributed by atoms with Gasteiger partial charge in [0.15, 0.2) is 0 Å². The van der Waals surface area contributed by atoms with Crippen LogP contribution in [0.3, 0.4) is 0 Å². The molecule has 0 amide bonds. The molecule has 0 spiro atoms. The van der Waals surface area contributed by atoms with Crippen molar-refractivity contribution in [3.8, 4) is 5.75 Å². The molecule has 0 N–H and O–H groups in total.